The molecule has 1 aromatic carbocycles. The largest absolute Gasteiger partial charge is 0.319 e. The van der Waals surface area contributed by atoms with Gasteiger partial charge in [0.2, 0.25) is 0 Å². The third-order valence-corrected chi connectivity index (χ3v) is 3.02. The van der Waals surface area contributed by atoms with Crippen molar-refractivity contribution in [3.8, 4) is 0 Å². The quantitative estimate of drug-likeness (QED) is 0.923. The molecule has 98 valence electrons. The highest BCUT2D eigenvalue weighted by Crippen LogP contribution is 2.20. The Morgan fingerprint density at radius 2 is 2.00 bits per heavy atom. The minimum Gasteiger partial charge on any atom is -0.319 e. The summed E-state index contributed by atoms with van der Waals surface area (Å²) in [7, 11) is 0. The van der Waals surface area contributed by atoms with E-state index >= 15 is 0 Å². The maximum Gasteiger partial charge on any atom is 0.257 e. The highest BCUT2D eigenvalue weighted by atomic mass is 79.9. The van der Waals surface area contributed by atoms with Crippen LogP contribution in [0.25, 0.3) is 0 Å². The van der Waals surface area contributed by atoms with Crippen molar-refractivity contribution in [2.45, 2.75) is 13.8 Å². The Morgan fingerprint density at radius 1 is 1.26 bits per heavy atom. The Balaban J connectivity index is 2.28. The average Bonchev–Trinajstić information content (AvgIpc) is 2.35. The van der Waals surface area contributed by atoms with Gasteiger partial charge < -0.3 is 5.32 Å². The molecule has 0 bridgehead atoms. The number of carbonyl (C=O) groups is 1. The van der Waals surface area contributed by atoms with Crippen LogP contribution in [0.4, 0.5) is 10.1 Å². The third kappa shape index (κ3) is 3.14. The van der Waals surface area contributed by atoms with Gasteiger partial charge in [-0.2, -0.15) is 10.2 Å². The van der Waals surface area contributed by atoms with E-state index < -0.39 is 11.7 Å². The summed E-state index contributed by atoms with van der Waals surface area (Å²) < 4.78 is 14.2. The van der Waals surface area contributed by atoms with Crippen LogP contribution < -0.4 is 5.32 Å². The lowest BCUT2D eigenvalue weighted by molar-refractivity contribution is 0.102. The van der Waals surface area contributed by atoms with E-state index in [1.165, 1.54) is 12.1 Å². The number of amides is 1. The van der Waals surface area contributed by atoms with Crippen molar-refractivity contribution in [1.29, 1.82) is 0 Å². The second-order valence-corrected chi connectivity index (χ2v) is 4.98. The number of anilines is 1. The van der Waals surface area contributed by atoms with E-state index in [0.29, 0.717) is 21.4 Å². The smallest absolute Gasteiger partial charge is 0.257 e. The fraction of sp³-hybridized carbons (Fsp3) is 0.154. The summed E-state index contributed by atoms with van der Waals surface area (Å²) in [5.41, 5.74) is 1.64. The number of benzene rings is 1. The van der Waals surface area contributed by atoms with Gasteiger partial charge in [0.15, 0.2) is 0 Å². The number of hydrogen-bond acceptors (Lipinski definition) is 3. The zero-order valence-electron chi connectivity index (χ0n) is 10.4. The fourth-order valence-electron chi connectivity index (χ4n) is 1.56. The van der Waals surface area contributed by atoms with Gasteiger partial charge >= 0.3 is 0 Å². The Bertz CT molecular complexity index is 646. The molecule has 0 atom stereocenters. The molecule has 0 aliphatic rings. The highest BCUT2D eigenvalue weighted by Gasteiger charge is 2.13. The van der Waals surface area contributed by atoms with Crippen LogP contribution in [-0.2, 0) is 0 Å². The van der Waals surface area contributed by atoms with Gasteiger partial charge in [-0.3, -0.25) is 4.79 Å². The average molecular weight is 324 g/mol. The molecule has 2 rings (SSSR count). The first-order chi connectivity index (χ1) is 8.97. The van der Waals surface area contributed by atoms with E-state index in [9.17, 15) is 9.18 Å². The highest BCUT2D eigenvalue weighted by molar-refractivity contribution is 9.10. The molecule has 0 saturated carbocycles. The van der Waals surface area contributed by atoms with Crippen LogP contribution in [0.1, 0.15) is 21.7 Å². The summed E-state index contributed by atoms with van der Waals surface area (Å²) in [6.45, 7) is 3.42. The van der Waals surface area contributed by atoms with Gasteiger partial charge in [0.25, 0.3) is 5.91 Å². The first-order valence-electron chi connectivity index (χ1n) is 5.54. The molecule has 1 amide bonds. The van der Waals surface area contributed by atoms with Gasteiger partial charge in [-0.15, -0.1) is 0 Å². The van der Waals surface area contributed by atoms with Crippen LogP contribution in [0.2, 0.25) is 0 Å². The normalized spacial score (nSPS) is 10.3. The van der Waals surface area contributed by atoms with Crippen molar-refractivity contribution < 1.29 is 9.18 Å². The van der Waals surface area contributed by atoms with Gasteiger partial charge in [-0.05, 0) is 38.1 Å². The number of aryl methyl sites for hydroxylation is 2. The molecule has 0 saturated heterocycles. The number of nitrogens with zero attached hydrogens (tertiary/aromatic N) is 2. The molecule has 1 heterocycles. The molecular formula is C13H11BrFN3O. The fourth-order valence-corrected chi connectivity index (χ4v) is 1.89. The number of aromatic nitrogens is 2. The molecule has 1 aromatic heterocycles. The summed E-state index contributed by atoms with van der Waals surface area (Å²) >= 11 is 3.16. The lowest BCUT2D eigenvalue weighted by atomic mass is 10.2. The zero-order valence-corrected chi connectivity index (χ0v) is 12.0. The minimum atomic E-state index is -0.501. The van der Waals surface area contributed by atoms with E-state index in [1.807, 2.05) is 0 Å². The molecule has 0 aliphatic heterocycles. The Labute approximate surface area is 118 Å². The van der Waals surface area contributed by atoms with Crippen molar-refractivity contribution in [2.24, 2.45) is 0 Å². The molecule has 0 spiro atoms. The molecule has 19 heavy (non-hydrogen) atoms. The molecule has 0 aliphatic carbocycles. The Hall–Kier alpha value is -1.82. The SMILES string of the molecule is Cc1cc(C(=O)Nc2ccc(Br)cc2F)c(C)nn1. The summed E-state index contributed by atoms with van der Waals surface area (Å²) in [4.78, 5) is 12.1. The van der Waals surface area contributed by atoms with Gasteiger partial charge in [-0.25, -0.2) is 4.39 Å². The van der Waals surface area contributed by atoms with E-state index in [4.69, 9.17) is 0 Å². The first kappa shape index (κ1) is 13.6. The standard InChI is InChI=1S/C13H11BrFN3O/c1-7-5-10(8(2)18-17-7)13(19)16-12-4-3-9(14)6-11(12)15/h3-6H,1-2H3,(H,16,19). The van der Waals surface area contributed by atoms with Gasteiger partial charge in [0, 0.05) is 4.47 Å². The van der Waals surface area contributed by atoms with E-state index in [-0.39, 0.29) is 5.69 Å². The second kappa shape index (κ2) is 5.44. The van der Waals surface area contributed by atoms with Gasteiger partial charge in [0.1, 0.15) is 5.82 Å². The van der Waals surface area contributed by atoms with Crippen molar-refractivity contribution in [1.82, 2.24) is 10.2 Å². The second-order valence-electron chi connectivity index (χ2n) is 4.06. The molecule has 6 heteroatoms. The monoisotopic (exact) mass is 323 g/mol. The Kier molecular flexibility index (Phi) is 3.90. The van der Waals surface area contributed by atoms with Crippen molar-refractivity contribution in [3.63, 3.8) is 0 Å². The maximum atomic E-state index is 13.6. The lowest BCUT2D eigenvalue weighted by Crippen LogP contribution is -2.16. The number of halogens is 2. The van der Waals surface area contributed by atoms with Crippen molar-refractivity contribution in [2.75, 3.05) is 5.32 Å². The molecule has 0 unspecified atom stereocenters. The number of nitrogens with one attached hydrogen (secondary N) is 1. The summed E-state index contributed by atoms with van der Waals surface area (Å²) in [5.74, 6) is -0.907. The molecule has 2 aromatic rings. The lowest BCUT2D eigenvalue weighted by Gasteiger charge is -2.08. The predicted molar refractivity (Wildman–Crippen MR) is 73.6 cm³/mol. The van der Waals surface area contributed by atoms with Crippen LogP contribution >= 0.6 is 15.9 Å². The van der Waals surface area contributed by atoms with Crippen molar-refractivity contribution in [3.05, 3.63) is 51.5 Å². The van der Waals surface area contributed by atoms with Gasteiger partial charge in [0.05, 0.1) is 22.6 Å². The summed E-state index contributed by atoms with van der Waals surface area (Å²) in [6.07, 6.45) is 0. The van der Waals surface area contributed by atoms with E-state index in [2.05, 4.69) is 31.4 Å². The predicted octanol–water partition coefficient (Wildman–Crippen LogP) is 3.25. The summed E-state index contributed by atoms with van der Waals surface area (Å²) in [6, 6.07) is 6.06. The van der Waals surface area contributed by atoms with E-state index in [1.54, 1.807) is 26.0 Å². The molecule has 0 radical (unpaired) electrons. The molecule has 4 nitrogen and oxygen atoms in total. The number of rotatable bonds is 2. The van der Waals surface area contributed by atoms with Crippen LogP contribution in [-0.4, -0.2) is 16.1 Å². The molecule has 0 fully saturated rings. The topological polar surface area (TPSA) is 54.9 Å². The third-order valence-electron chi connectivity index (χ3n) is 2.52. The van der Waals surface area contributed by atoms with Crippen LogP contribution in [0, 0.1) is 19.7 Å². The zero-order chi connectivity index (χ0) is 14.0. The number of carbonyl (C=O) groups excluding carboxylic acids is 1. The van der Waals surface area contributed by atoms with E-state index in [0.717, 1.165) is 0 Å². The van der Waals surface area contributed by atoms with Crippen molar-refractivity contribution >= 4 is 27.5 Å². The molecule has 1 N–H and O–H groups in total. The molecular weight excluding hydrogens is 313 g/mol. The number of hydrogen-bond donors (Lipinski definition) is 1. The minimum absolute atomic E-state index is 0.127. The maximum absolute atomic E-state index is 13.6. The van der Waals surface area contributed by atoms with Crippen LogP contribution in [0.3, 0.4) is 0 Å². The first-order valence-corrected chi connectivity index (χ1v) is 6.34. The Morgan fingerprint density at radius 3 is 2.68 bits per heavy atom. The van der Waals surface area contributed by atoms with Crippen LogP contribution in [0.15, 0.2) is 28.7 Å². The summed E-state index contributed by atoms with van der Waals surface area (Å²) in [5, 5.41) is 10.2. The van der Waals surface area contributed by atoms with Crippen LogP contribution in [0.5, 0.6) is 0 Å². The van der Waals surface area contributed by atoms with Gasteiger partial charge in [-0.1, -0.05) is 15.9 Å².